The number of benzene rings is 1. The van der Waals surface area contributed by atoms with Crippen molar-refractivity contribution in [2.24, 2.45) is 5.92 Å². The van der Waals surface area contributed by atoms with Gasteiger partial charge < -0.3 is 0 Å². The molecule has 1 heterocycles. The van der Waals surface area contributed by atoms with Crippen molar-refractivity contribution in [3.8, 4) is 0 Å². The highest BCUT2D eigenvalue weighted by Crippen LogP contribution is 2.34. The minimum Gasteiger partial charge on any atom is -0.296 e. The van der Waals surface area contributed by atoms with Gasteiger partial charge in [0.1, 0.15) is 0 Å². The van der Waals surface area contributed by atoms with Crippen LogP contribution in [0, 0.1) is 12.8 Å². The average molecular weight is 285 g/mol. The van der Waals surface area contributed by atoms with E-state index in [1.54, 1.807) is 12.1 Å². The Bertz CT molecular complexity index is 459. The summed E-state index contributed by atoms with van der Waals surface area (Å²) < 4.78 is 37.6. The van der Waals surface area contributed by atoms with Crippen LogP contribution in [0.15, 0.2) is 24.3 Å². The van der Waals surface area contributed by atoms with Crippen LogP contribution in [0.4, 0.5) is 13.2 Å². The predicted molar refractivity (Wildman–Crippen MR) is 70.7 cm³/mol. The van der Waals surface area contributed by atoms with Gasteiger partial charge in [0.2, 0.25) is 0 Å². The monoisotopic (exact) mass is 285 g/mol. The zero-order valence-electron chi connectivity index (χ0n) is 11.4. The van der Waals surface area contributed by atoms with Crippen molar-refractivity contribution < 1.29 is 18.0 Å². The van der Waals surface area contributed by atoms with Crippen LogP contribution in [0.5, 0.6) is 0 Å². The van der Waals surface area contributed by atoms with Crippen LogP contribution in [0.1, 0.15) is 28.8 Å². The van der Waals surface area contributed by atoms with E-state index in [-0.39, 0.29) is 25.2 Å². The third-order valence-corrected chi connectivity index (χ3v) is 3.79. The molecule has 0 N–H and O–H groups in total. The number of alkyl halides is 3. The molecule has 1 aromatic carbocycles. The lowest BCUT2D eigenvalue weighted by Crippen LogP contribution is -2.41. The van der Waals surface area contributed by atoms with Crippen molar-refractivity contribution in [1.29, 1.82) is 0 Å². The summed E-state index contributed by atoms with van der Waals surface area (Å²) in [6.45, 7) is 2.81. The van der Waals surface area contributed by atoms with Crippen LogP contribution in [0.25, 0.3) is 0 Å². The number of hydrogen-bond donors (Lipinski definition) is 0. The molecular weight excluding hydrogens is 267 g/mol. The second-order valence-corrected chi connectivity index (χ2v) is 5.38. The van der Waals surface area contributed by atoms with Gasteiger partial charge in [-0.1, -0.05) is 29.8 Å². The summed E-state index contributed by atoms with van der Waals surface area (Å²) >= 11 is 0. The number of aryl methyl sites for hydroxylation is 1. The highest BCUT2D eigenvalue weighted by atomic mass is 19.4. The summed E-state index contributed by atoms with van der Waals surface area (Å²) in [6.07, 6.45) is -3.93. The van der Waals surface area contributed by atoms with Crippen LogP contribution in [0.3, 0.4) is 0 Å². The van der Waals surface area contributed by atoms with Crippen molar-refractivity contribution in [1.82, 2.24) is 4.90 Å². The molecule has 110 valence electrons. The fourth-order valence-corrected chi connectivity index (χ4v) is 2.45. The Morgan fingerprint density at radius 1 is 1.20 bits per heavy atom. The third-order valence-electron chi connectivity index (χ3n) is 3.79. The number of ketones is 1. The molecule has 0 aliphatic carbocycles. The van der Waals surface area contributed by atoms with Gasteiger partial charge in [0, 0.05) is 5.56 Å². The Balaban J connectivity index is 1.86. The first-order valence-electron chi connectivity index (χ1n) is 6.75. The molecule has 0 saturated carbocycles. The highest BCUT2D eigenvalue weighted by Gasteiger charge is 2.41. The summed E-state index contributed by atoms with van der Waals surface area (Å²) in [5.41, 5.74) is 1.70. The number of carbonyl (C=O) groups excluding carboxylic acids is 1. The number of piperidine rings is 1. The maximum atomic E-state index is 12.5. The van der Waals surface area contributed by atoms with Gasteiger partial charge >= 0.3 is 6.18 Å². The molecule has 0 unspecified atom stereocenters. The van der Waals surface area contributed by atoms with Gasteiger partial charge in [0.15, 0.2) is 5.78 Å². The molecule has 0 atom stereocenters. The minimum atomic E-state index is -4.10. The Hall–Kier alpha value is -1.36. The third kappa shape index (κ3) is 3.82. The summed E-state index contributed by atoms with van der Waals surface area (Å²) in [7, 11) is 0. The molecule has 5 heteroatoms. The van der Waals surface area contributed by atoms with E-state index in [0.717, 1.165) is 5.56 Å². The average Bonchev–Trinajstić information content (AvgIpc) is 2.39. The van der Waals surface area contributed by atoms with E-state index in [9.17, 15) is 18.0 Å². The van der Waals surface area contributed by atoms with Gasteiger partial charge in [-0.2, -0.15) is 13.2 Å². The van der Waals surface area contributed by atoms with E-state index < -0.39 is 12.1 Å². The van der Waals surface area contributed by atoms with Gasteiger partial charge in [0.05, 0.1) is 12.5 Å². The van der Waals surface area contributed by atoms with Crippen molar-refractivity contribution in [2.45, 2.75) is 25.9 Å². The van der Waals surface area contributed by atoms with Crippen LogP contribution in [-0.2, 0) is 0 Å². The summed E-state index contributed by atoms with van der Waals surface area (Å²) in [5.74, 6) is -1.25. The molecule has 2 nitrogen and oxygen atoms in total. The number of carbonyl (C=O) groups is 1. The Labute approximate surface area is 116 Å². The van der Waals surface area contributed by atoms with Crippen molar-refractivity contribution in [3.05, 3.63) is 35.4 Å². The Kier molecular flexibility index (Phi) is 4.48. The summed E-state index contributed by atoms with van der Waals surface area (Å²) in [5, 5.41) is 0. The maximum Gasteiger partial charge on any atom is 0.391 e. The second kappa shape index (κ2) is 5.95. The highest BCUT2D eigenvalue weighted by molar-refractivity contribution is 5.97. The number of Topliss-reactive ketones (excluding diaryl/α,β-unsaturated/α-hetero) is 1. The van der Waals surface area contributed by atoms with Gasteiger partial charge in [0.25, 0.3) is 0 Å². The number of hydrogen-bond acceptors (Lipinski definition) is 2. The molecule has 1 aliphatic heterocycles. The maximum absolute atomic E-state index is 12.5. The SMILES string of the molecule is Cc1ccc(C(=O)CN2CCC(C(F)(F)F)CC2)cc1. The van der Waals surface area contributed by atoms with E-state index in [2.05, 4.69) is 0 Å². The molecule has 1 aliphatic rings. The molecule has 1 aromatic rings. The zero-order chi connectivity index (χ0) is 14.8. The van der Waals surface area contributed by atoms with E-state index >= 15 is 0 Å². The fourth-order valence-electron chi connectivity index (χ4n) is 2.45. The van der Waals surface area contributed by atoms with Crippen molar-refractivity contribution in [2.75, 3.05) is 19.6 Å². The molecular formula is C15H18F3NO. The molecule has 20 heavy (non-hydrogen) atoms. The first kappa shape index (κ1) is 15.0. The molecule has 0 aromatic heterocycles. The van der Waals surface area contributed by atoms with Crippen LogP contribution in [-0.4, -0.2) is 36.5 Å². The lowest BCUT2D eigenvalue weighted by atomic mass is 9.96. The lowest BCUT2D eigenvalue weighted by Gasteiger charge is -2.32. The molecule has 2 rings (SSSR count). The first-order chi connectivity index (χ1) is 9.36. The number of rotatable bonds is 3. The normalized spacial score (nSPS) is 18.2. The molecule has 1 saturated heterocycles. The van der Waals surface area contributed by atoms with Gasteiger partial charge in [-0.05, 0) is 32.9 Å². The molecule has 1 fully saturated rings. The van der Waals surface area contributed by atoms with Crippen molar-refractivity contribution >= 4 is 5.78 Å². The van der Waals surface area contributed by atoms with Gasteiger partial charge in [-0.3, -0.25) is 9.69 Å². The van der Waals surface area contributed by atoms with Gasteiger partial charge in [-0.25, -0.2) is 0 Å². The van der Waals surface area contributed by atoms with Crippen LogP contribution in [0.2, 0.25) is 0 Å². The van der Waals surface area contributed by atoms with Crippen LogP contribution >= 0.6 is 0 Å². The quantitative estimate of drug-likeness (QED) is 0.793. The topological polar surface area (TPSA) is 20.3 Å². The second-order valence-electron chi connectivity index (χ2n) is 5.38. The number of likely N-dealkylation sites (tertiary alicyclic amines) is 1. The number of halogens is 3. The largest absolute Gasteiger partial charge is 0.391 e. The van der Waals surface area contributed by atoms with E-state index in [1.807, 2.05) is 24.0 Å². The van der Waals surface area contributed by atoms with E-state index in [1.165, 1.54) is 0 Å². The van der Waals surface area contributed by atoms with Gasteiger partial charge in [-0.15, -0.1) is 0 Å². The summed E-state index contributed by atoms with van der Waals surface area (Å²) in [4.78, 5) is 13.8. The van der Waals surface area contributed by atoms with Crippen molar-refractivity contribution in [3.63, 3.8) is 0 Å². The molecule has 0 amide bonds. The zero-order valence-corrected chi connectivity index (χ0v) is 11.4. The molecule has 0 radical (unpaired) electrons. The molecule has 0 spiro atoms. The smallest absolute Gasteiger partial charge is 0.296 e. The van der Waals surface area contributed by atoms with E-state index in [0.29, 0.717) is 18.7 Å². The Morgan fingerprint density at radius 2 is 1.75 bits per heavy atom. The fraction of sp³-hybridized carbons (Fsp3) is 0.533. The number of nitrogens with zero attached hydrogens (tertiary/aromatic N) is 1. The Morgan fingerprint density at radius 3 is 2.25 bits per heavy atom. The lowest BCUT2D eigenvalue weighted by molar-refractivity contribution is -0.184. The van der Waals surface area contributed by atoms with Crippen LogP contribution < -0.4 is 0 Å². The standard InChI is InChI=1S/C15H18F3NO/c1-11-2-4-12(5-3-11)14(20)10-19-8-6-13(7-9-19)15(16,17)18/h2-5,13H,6-10H2,1H3. The molecule has 0 bridgehead atoms. The first-order valence-corrected chi connectivity index (χ1v) is 6.75. The summed E-state index contributed by atoms with van der Waals surface area (Å²) in [6, 6.07) is 7.26. The predicted octanol–water partition coefficient (Wildman–Crippen LogP) is 3.45. The van der Waals surface area contributed by atoms with E-state index in [4.69, 9.17) is 0 Å². The minimum absolute atomic E-state index is 0.0320.